The number of hydrogen-bond acceptors (Lipinski definition) is 6. The number of sulfonamides is 1. The Morgan fingerprint density at radius 2 is 1.64 bits per heavy atom. The van der Waals surface area contributed by atoms with Crippen LogP contribution in [0.5, 0.6) is 5.75 Å². The van der Waals surface area contributed by atoms with E-state index in [0.29, 0.717) is 0 Å². The van der Waals surface area contributed by atoms with Crippen LogP contribution in [0.25, 0.3) is 0 Å². The van der Waals surface area contributed by atoms with E-state index in [0.717, 1.165) is 9.21 Å². The number of carbonyl (C=O) groups is 3. The van der Waals surface area contributed by atoms with Gasteiger partial charge in [-0.3, -0.25) is 19.3 Å². The first-order valence-corrected chi connectivity index (χ1v) is 11.8. The number of rotatable bonds is 8. The van der Waals surface area contributed by atoms with Crippen LogP contribution in [0.2, 0.25) is 0 Å². The zero-order valence-electron chi connectivity index (χ0n) is 19.2. The number of ether oxygens (including phenoxy) is 1. The molecular weight excluding hydrogens is 446 g/mol. The van der Waals surface area contributed by atoms with Crippen molar-refractivity contribution in [2.75, 3.05) is 26.5 Å². The maximum atomic E-state index is 13.4. The van der Waals surface area contributed by atoms with E-state index in [1.54, 1.807) is 24.3 Å². The molecule has 2 aromatic carbocycles. The highest BCUT2D eigenvalue weighted by Crippen LogP contribution is 2.31. The summed E-state index contributed by atoms with van der Waals surface area (Å²) in [5.41, 5.74) is 0.622. The van der Waals surface area contributed by atoms with Crippen LogP contribution in [0.1, 0.15) is 41.0 Å². The van der Waals surface area contributed by atoms with Crippen molar-refractivity contribution < 1.29 is 27.5 Å². The van der Waals surface area contributed by atoms with E-state index in [9.17, 15) is 22.8 Å². The monoisotopic (exact) mass is 473 g/mol. The summed E-state index contributed by atoms with van der Waals surface area (Å²) >= 11 is 0. The number of carbonyl (C=O) groups excluding carboxylic acids is 3. The minimum Gasteiger partial charge on any atom is -0.495 e. The highest BCUT2D eigenvalue weighted by Gasteiger charge is 2.43. The smallest absolute Gasteiger partial charge is 0.262 e. The molecule has 0 radical (unpaired) electrons. The van der Waals surface area contributed by atoms with E-state index < -0.39 is 33.8 Å². The molecule has 0 aliphatic carbocycles. The molecule has 0 bridgehead atoms. The van der Waals surface area contributed by atoms with Gasteiger partial charge in [0.15, 0.2) is 0 Å². The number of benzene rings is 2. The van der Waals surface area contributed by atoms with Crippen LogP contribution in [0.15, 0.2) is 47.4 Å². The third kappa shape index (κ3) is 4.62. The van der Waals surface area contributed by atoms with Gasteiger partial charge in [-0.2, -0.15) is 0 Å². The average molecular weight is 474 g/mol. The number of amides is 3. The fourth-order valence-electron chi connectivity index (χ4n) is 3.64. The van der Waals surface area contributed by atoms with Crippen LogP contribution in [0.3, 0.4) is 0 Å². The number of imide groups is 1. The summed E-state index contributed by atoms with van der Waals surface area (Å²) in [6, 6.07) is 9.44. The standard InChI is InChI=1S/C23H27N3O6S/c1-14(2)12-19(26-22(28)16-8-6-7-9-17(16)23(26)29)21(27)24-18-13-15(10-11-20(18)32-5)33(30,31)25(3)4/h6-11,13-14,19H,12H2,1-5H3,(H,24,27)/t19-/m0/s1. The molecule has 3 rings (SSSR count). The number of nitrogens with zero attached hydrogens (tertiary/aromatic N) is 2. The molecule has 1 N–H and O–H groups in total. The van der Waals surface area contributed by atoms with Gasteiger partial charge in [0, 0.05) is 14.1 Å². The quantitative estimate of drug-likeness (QED) is 0.590. The van der Waals surface area contributed by atoms with Crippen LogP contribution in [0, 0.1) is 5.92 Å². The number of fused-ring (bicyclic) bond motifs is 1. The molecule has 0 unspecified atom stereocenters. The third-order valence-corrected chi connectivity index (χ3v) is 7.15. The van der Waals surface area contributed by atoms with Crippen LogP contribution in [-0.4, -0.2) is 62.6 Å². The molecule has 0 spiro atoms. The van der Waals surface area contributed by atoms with E-state index in [1.807, 2.05) is 13.8 Å². The van der Waals surface area contributed by atoms with Crippen molar-refractivity contribution in [1.29, 1.82) is 0 Å². The summed E-state index contributed by atoms with van der Waals surface area (Å²) in [5, 5.41) is 2.67. The Kier molecular flexibility index (Phi) is 6.89. The van der Waals surface area contributed by atoms with Crippen molar-refractivity contribution >= 4 is 33.4 Å². The molecule has 1 aliphatic heterocycles. The third-order valence-electron chi connectivity index (χ3n) is 5.34. The normalized spacial score (nSPS) is 14.6. The van der Waals surface area contributed by atoms with Crippen molar-refractivity contribution in [2.24, 2.45) is 5.92 Å². The minimum absolute atomic E-state index is 0.00703. The minimum atomic E-state index is -3.76. The van der Waals surface area contributed by atoms with Crippen LogP contribution < -0.4 is 10.1 Å². The molecule has 1 aliphatic rings. The molecule has 3 amide bonds. The lowest BCUT2D eigenvalue weighted by Crippen LogP contribution is -2.48. The predicted molar refractivity (Wildman–Crippen MR) is 123 cm³/mol. The molecule has 0 saturated carbocycles. The van der Waals surface area contributed by atoms with Crippen LogP contribution in [0.4, 0.5) is 5.69 Å². The van der Waals surface area contributed by atoms with Gasteiger partial charge >= 0.3 is 0 Å². The first-order chi connectivity index (χ1) is 15.5. The van der Waals surface area contributed by atoms with E-state index in [1.165, 1.54) is 39.4 Å². The lowest BCUT2D eigenvalue weighted by atomic mass is 10.0. The Labute approximate surface area is 193 Å². The van der Waals surface area contributed by atoms with E-state index in [4.69, 9.17) is 4.74 Å². The molecule has 1 atom stereocenters. The van der Waals surface area contributed by atoms with Gasteiger partial charge in [-0.25, -0.2) is 12.7 Å². The Morgan fingerprint density at radius 1 is 1.06 bits per heavy atom. The van der Waals surface area contributed by atoms with Crippen molar-refractivity contribution in [3.8, 4) is 5.75 Å². The maximum Gasteiger partial charge on any atom is 0.262 e. The molecule has 10 heteroatoms. The maximum absolute atomic E-state index is 13.4. The summed E-state index contributed by atoms with van der Waals surface area (Å²) in [6.07, 6.45) is 0.231. The van der Waals surface area contributed by atoms with Crippen molar-refractivity contribution in [3.63, 3.8) is 0 Å². The Bertz CT molecular complexity index is 1170. The first-order valence-electron chi connectivity index (χ1n) is 10.4. The summed E-state index contributed by atoms with van der Waals surface area (Å²) in [4.78, 5) is 40.3. The van der Waals surface area contributed by atoms with Gasteiger partial charge in [-0.05, 0) is 42.7 Å². The Morgan fingerprint density at radius 3 is 2.12 bits per heavy atom. The molecular formula is C23H27N3O6S. The molecule has 0 saturated heterocycles. The van der Waals surface area contributed by atoms with Crippen molar-refractivity contribution in [2.45, 2.75) is 31.2 Å². The Balaban J connectivity index is 1.98. The predicted octanol–water partition coefficient (Wildman–Crippen LogP) is 2.59. The van der Waals surface area contributed by atoms with Crippen LogP contribution >= 0.6 is 0 Å². The molecule has 1 heterocycles. The number of hydrogen-bond donors (Lipinski definition) is 1. The van der Waals surface area contributed by atoms with Gasteiger partial charge < -0.3 is 10.1 Å². The summed E-state index contributed by atoms with van der Waals surface area (Å²) in [5.74, 6) is -1.45. The average Bonchev–Trinajstić information content (AvgIpc) is 3.02. The van der Waals surface area contributed by atoms with Gasteiger partial charge in [0.05, 0.1) is 28.8 Å². The molecule has 0 aromatic heterocycles. The van der Waals surface area contributed by atoms with Gasteiger partial charge in [0.2, 0.25) is 15.9 Å². The SMILES string of the molecule is COc1ccc(S(=O)(=O)N(C)C)cc1NC(=O)[C@H](CC(C)C)N1C(=O)c2ccccc2C1=O. The topological polar surface area (TPSA) is 113 Å². The lowest BCUT2D eigenvalue weighted by molar-refractivity contribution is -0.120. The second-order valence-corrected chi connectivity index (χ2v) is 10.5. The van der Waals surface area contributed by atoms with Gasteiger partial charge in [0.1, 0.15) is 11.8 Å². The molecule has 176 valence electrons. The lowest BCUT2D eigenvalue weighted by Gasteiger charge is -2.27. The molecule has 2 aromatic rings. The highest BCUT2D eigenvalue weighted by atomic mass is 32.2. The van der Waals surface area contributed by atoms with Gasteiger partial charge in [-0.15, -0.1) is 0 Å². The number of nitrogens with one attached hydrogen (secondary N) is 1. The van der Waals surface area contributed by atoms with Gasteiger partial charge in [0.25, 0.3) is 11.8 Å². The number of anilines is 1. The van der Waals surface area contributed by atoms with Gasteiger partial charge in [-0.1, -0.05) is 26.0 Å². The van der Waals surface area contributed by atoms with Crippen LogP contribution in [-0.2, 0) is 14.8 Å². The fourth-order valence-corrected chi connectivity index (χ4v) is 4.57. The first kappa shape index (κ1) is 24.4. The fraction of sp³-hybridized carbons (Fsp3) is 0.348. The molecule has 9 nitrogen and oxygen atoms in total. The largest absolute Gasteiger partial charge is 0.495 e. The zero-order chi connectivity index (χ0) is 24.5. The zero-order valence-corrected chi connectivity index (χ0v) is 20.0. The van der Waals surface area contributed by atoms with Crippen molar-refractivity contribution in [3.05, 3.63) is 53.6 Å². The second-order valence-electron chi connectivity index (χ2n) is 8.31. The van der Waals surface area contributed by atoms with E-state index in [-0.39, 0.29) is 39.8 Å². The van der Waals surface area contributed by atoms with Crippen molar-refractivity contribution in [1.82, 2.24) is 9.21 Å². The summed E-state index contributed by atoms with van der Waals surface area (Å²) < 4.78 is 31.4. The van der Waals surface area contributed by atoms with E-state index in [2.05, 4.69) is 5.32 Å². The second kappa shape index (κ2) is 9.32. The Hall–Kier alpha value is -3.24. The number of methoxy groups -OCH3 is 1. The molecule has 0 fully saturated rings. The summed E-state index contributed by atoms with van der Waals surface area (Å²) in [6.45, 7) is 3.76. The van der Waals surface area contributed by atoms with E-state index >= 15 is 0 Å². The highest BCUT2D eigenvalue weighted by molar-refractivity contribution is 7.89. The molecule has 33 heavy (non-hydrogen) atoms. The summed E-state index contributed by atoms with van der Waals surface area (Å²) in [7, 11) is 0.432.